The van der Waals surface area contributed by atoms with Crippen molar-refractivity contribution in [2.24, 2.45) is 5.41 Å². The first-order chi connectivity index (χ1) is 13.0. The minimum absolute atomic E-state index is 0.0629. The molecule has 1 aromatic carbocycles. The highest BCUT2D eigenvalue weighted by molar-refractivity contribution is 7.89. The molecule has 1 saturated heterocycles. The summed E-state index contributed by atoms with van der Waals surface area (Å²) in [5, 5.41) is 14.4. The first-order valence-electron chi connectivity index (χ1n) is 9.11. The number of carbonyl (C=O) groups is 1. The summed E-state index contributed by atoms with van der Waals surface area (Å²) in [5.41, 5.74) is -0.927. The topological polar surface area (TPSA) is 119 Å². The molecule has 0 bridgehead atoms. The summed E-state index contributed by atoms with van der Waals surface area (Å²) in [7, 11) is -2.56. The molecule has 1 heterocycles. The second-order valence-corrected chi connectivity index (χ2v) is 9.81. The number of ether oxygens (including phenoxy) is 1. The molecule has 1 fully saturated rings. The Hall–Kier alpha value is -2.20. The smallest absolute Gasteiger partial charge is 0.328 e. The molecule has 1 aliphatic rings. The highest BCUT2D eigenvalue weighted by Crippen LogP contribution is 2.33. The second kappa shape index (κ2) is 8.44. The third-order valence-electron chi connectivity index (χ3n) is 4.72. The van der Waals surface area contributed by atoms with E-state index in [4.69, 9.17) is 4.74 Å². The number of benzene rings is 1. The van der Waals surface area contributed by atoms with Crippen LogP contribution < -0.4 is 5.32 Å². The van der Waals surface area contributed by atoms with E-state index < -0.39 is 38.1 Å². The molecule has 0 amide bonds. The van der Waals surface area contributed by atoms with Crippen LogP contribution in [0.25, 0.3) is 0 Å². The summed E-state index contributed by atoms with van der Waals surface area (Å²) in [6, 6.07) is 2.86. The van der Waals surface area contributed by atoms with Crippen LogP contribution in [0, 0.1) is 15.5 Å². The van der Waals surface area contributed by atoms with Crippen molar-refractivity contribution in [1.29, 1.82) is 0 Å². The number of nitrogens with zero attached hydrogens (tertiary/aromatic N) is 2. The first-order valence-corrected chi connectivity index (χ1v) is 10.6. The third kappa shape index (κ3) is 4.79. The average Bonchev–Trinajstić information content (AvgIpc) is 2.65. The molecule has 9 nitrogen and oxygen atoms in total. The highest BCUT2D eigenvalue weighted by Gasteiger charge is 2.35. The van der Waals surface area contributed by atoms with Gasteiger partial charge in [-0.05, 0) is 30.4 Å². The summed E-state index contributed by atoms with van der Waals surface area (Å²) in [6.45, 7) is 6.20. The summed E-state index contributed by atoms with van der Waals surface area (Å²) in [6.07, 6.45) is 2.51. The van der Waals surface area contributed by atoms with E-state index in [1.54, 1.807) is 20.8 Å². The third-order valence-corrected chi connectivity index (χ3v) is 6.62. The van der Waals surface area contributed by atoms with E-state index in [0.717, 1.165) is 25.3 Å². The Morgan fingerprint density at radius 2 is 1.86 bits per heavy atom. The Labute approximate surface area is 165 Å². The molecular formula is C18H27N3O6S. The van der Waals surface area contributed by atoms with Crippen molar-refractivity contribution < 1.29 is 22.9 Å². The predicted octanol–water partition coefficient (Wildman–Crippen LogP) is 2.77. The van der Waals surface area contributed by atoms with Gasteiger partial charge in [-0.3, -0.25) is 10.1 Å². The van der Waals surface area contributed by atoms with Crippen molar-refractivity contribution in [3.8, 4) is 0 Å². The number of nitrogens with one attached hydrogen (secondary N) is 1. The maximum absolute atomic E-state index is 12.8. The van der Waals surface area contributed by atoms with Crippen molar-refractivity contribution in [1.82, 2.24) is 4.31 Å². The number of rotatable bonds is 6. The minimum Gasteiger partial charge on any atom is -0.467 e. The molecule has 2 rings (SSSR count). The lowest BCUT2D eigenvalue weighted by Crippen LogP contribution is -2.42. The van der Waals surface area contributed by atoms with Crippen LogP contribution in [-0.2, 0) is 19.6 Å². The van der Waals surface area contributed by atoms with Gasteiger partial charge >= 0.3 is 5.97 Å². The molecule has 0 saturated carbocycles. The number of piperidine rings is 1. The van der Waals surface area contributed by atoms with Crippen molar-refractivity contribution in [2.45, 2.75) is 51.0 Å². The Balaban J connectivity index is 2.42. The number of esters is 1. The zero-order valence-corrected chi connectivity index (χ0v) is 17.4. The van der Waals surface area contributed by atoms with E-state index in [1.165, 1.54) is 23.5 Å². The summed E-state index contributed by atoms with van der Waals surface area (Å²) < 4.78 is 31.8. The van der Waals surface area contributed by atoms with Gasteiger partial charge in [0.15, 0.2) is 0 Å². The number of sulfonamides is 1. The summed E-state index contributed by atoms with van der Waals surface area (Å²) in [4.78, 5) is 22.9. The molecule has 1 aromatic rings. The van der Waals surface area contributed by atoms with Gasteiger partial charge in [-0.1, -0.05) is 27.2 Å². The normalized spacial score (nSPS) is 17.0. The Morgan fingerprint density at radius 3 is 2.36 bits per heavy atom. The molecule has 0 unspecified atom stereocenters. The second-order valence-electron chi connectivity index (χ2n) is 7.87. The fourth-order valence-corrected chi connectivity index (χ4v) is 4.64. The van der Waals surface area contributed by atoms with Gasteiger partial charge in [0.25, 0.3) is 5.69 Å². The van der Waals surface area contributed by atoms with Crippen LogP contribution in [0.15, 0.2) is 23.1 Å². The molecule has 156 valence electrons. The zero-order valence-electron chi connectivity index (χ0n) is 16.6. The fourth-order valence-electron chi connectivity index (χ4n) is 3.10. The quantitative estimate of drug-likeness (QED) is 0.433. The SMILES string of the molecule is COC(=O)[C@H](Nc1ccc(S(=O)(=O)N2CCCCC2)cc1[N+](=O)[O-])C(C)(C)C. The van der Waals surface area contributed by atoms with E-state index in [9.17, 15) is 23.3 Å². The van der Waals surface area contributed by atoms with Crippen LogP contribution in [0.3, 0.4) is 0 Å². The van der Waals surface area contributed by atoms with E-state index in [2.05, 4.69) is 5.32 Å². The van der Waals surface area contributed by atoms with Crippen molar-refractivity contribution in [3.05, 3.63) is 28.3 Å². The van der Waals surface area contributed by atoms with Gasteiger partial charge in [0.2, 0.25) is 10.0 Å². The number of hydrogen-bond donors (Lipinski definition) is 1. The Bertz CT molecular complexity index is 841. The fraction of sp³-hybridized carbons (Fsp3) is 0.611. The molecule has 0 aliphatic carbocycles. The molecule has 0 spiro atoms. The number of carbonyl (C=O) groups excluding carboxylic acids is 1. The molecular weight excluding hydrogens is 386 g/mol. The van der Waals surface area contributed by atoms with Crippen molar-refractivity contribution >= 4 is 27.4 Å². The highest BCUT2D eigenvalue weighted by atomic mass is 32.2. The number of nitro groups is 1. The number of nitro benzene ring substituents is 1. The van der Waals surface area contributed by atoms with Crippen molar-refractivity contribution in [3.63, 3.8) is 0 Å². The Kier molecular flexibility index (Phi) is 6.66. The van der Waals surface area contributed by atoms with Crippen LogP contribution in [0.1, 0.15) is 40.0 Å². The van der Waals surface area contributed by atoms with Gasteiger partial charge in [-0.2, -0.15) is 4.31 Å². The van der Waals surface area contributed by atoms with Crippen LogP contribution in [-0.4, -0.2) is 49.9 Å². The van der Waals surface area contributed by atoms with Gasteiger partial charge < -0.3 is 10.1 Å². The predicted molar refractivity (Wildman–Crippen MR) is 105 cm³/mol. The van der Waals surface area contributed by atoms with Gasteiger partial charge in [-0.15, -0.1) is 0 Å². The molecule has 1 atom stereocenters. The maximum atomic E-state index is 12.8. The van der Waals surface area contributed by atoms with Gasteiger partial charge in [0.05, 0.1) is 16.9 Å². The molecule has 28 heavy (non-hydrogen) atoms. The lowest BCUT2D eigenvalue weighted by Gasteiger charge is -2.30. The van der Waals surface area contributed by atoms with E-state index in [-0.39, 0.29) is 10.6 Å². The lowest BCUT2D eigenvalue weighted by atomic mass is 9.86. The zero-order chi connectivity index (χ0) is 21.1. The van der Waals surface area contributed by atoms with Gasteiger partial charge in [0, 0.05) is 19.2 Å². The van der Waals surface area contributed by atoms with Crippen molar-refractivity contribution in [2.75, 3.05) is 25.5 Å². The Morgan fingerprint density at radius 1 is 1.25 bits per heavy atom. The van der Waals surface area contributed by atoms with Gasteiger partial charge in [0.1, 0.15) is 11.7 Å². The van der Waals surface area contributed by atoms with E-state index >= 15 is 0 Å². The largest absolute Gasteiger partial charge is 0.467 e. The van der Waals surface area contributed by atoms with E-state index in [0.29, 0.717) is 13.1 Å². The summed E-state index contributed by atoms with van der Waals surface area (Å²) in [5.74, 6) is -0.563. The van der Waals surface area contributed by atoms with Gasteiger partial charge in [-0.25, -0.2) is 13.2 Å². The molecule has 1 N–H and O–H groups in total. The minimum atomic E-state index is -3.80. The molecule has 1 aliphatic heterocycles. The number of methoxy groups -OCH3 is 1. The maximum Gasteiger partial charge on any atom is 0.328 e. The first kappa shape index (κ1) is 22.1. The van der Waals surface area contributed by atoms with E-state index in [1.807, 2.05) is 0 Å². The van der Waals surface area contributed by atoms with Crippen LogP contribution in [0.2, 0.25) is 0 Å². The molecule has 10 heteroatoms. The van der Waals surface area contributed by atoms with Crippen LogP contribution >= 0.6 is 0 Å². The average molecular weight is 413 g/mol. The van der Waals surface area contributed by atoms with Crippen LogP contribution in [0.5, 0.6) is 0 Å². The molecule has 0 aromatic heterocycles. The summed E-state index contributed by atoms with van der Waals surface area (Å²) >= 11 is 0. The standard InChI is InChI=1S/C18H27N3O6S/c1-18(2,3)16(17(22)27-4)19-14-9-8-13(12-15(14)21(23)24)28(25,26)20-10-6-5-7-11-20/h8-9,12,16,19H,5-7,10-11H2,1-4H3/t16-/m0/s1. The van der Waals surface area contributed by atoms with Crippen LogP contribution in [0.4, 0.5) is 11.4 Å². The monoisotopic (exact) mass is 413 g/mol. The number of hydrogen-bond acceptors (Lipinski definition) is 7. The lowest BCUT2D eigenvalue weighted by molar-refractivity contribution is -0.384. The number of anilines is 1. The molecule has 0 radical (unpaired) electrons.